The third-order valence-corrected chi connectivity index (χ3v) is 5.34. The summed E-state index contributed by atoms with van der Waals surface area (Å²) in [5.74, 6) is -0.585. The van der Waals surface area contributed by atoms with Crippen LogP contribution < -0.4 is 5.73 Å². The standard InChI is InChI=1S/C11H12BrNO4S/c12-10-8(2-1-3-9(10)13)11(14)17-7-4-5-18(15,16)6-7/h1-3,7H,4-6,13H2. The van der Waals surface area contributed by atoms with Gasteiger partial charge in [-0.25, -0.2) is 13.2 Å². The maximum atomic E-state index is 11.9. The number of esters is 1. The van der Waals surface area contributed by atoms with Crippen LogP contribution in [0.3, 0.4) is 0 Å². The Morgan fingerprint density at radius 3 is 2.78 bits per heavy atom. The van der Waals surface area contributed by atoms with Crippen LogP contribution in [0.25, 0.3) is 0 Å². The van der Waals surface area contributed by atoms with Crippen LogP contribution in [-0.2, 0) is 14.6 Å². The van der Waals surface area contributed by atoms with Crippen molar-refractivity contribution in [1.82, 2.24) is 0 Å². The smallest absolute Gasteiger partial charge is 0.339 e. The highest BCUT2D eigenvalue weighted by Crippen LogP contribution is 2.25. The summed E-state index contributed by atoms with van der Waals surface area (Å²) in [6.07, 6.45) is -0.204. The Balaban J connectivity index is 2.11. The molecular weight excluding hydrogens is 322 g/mol. The van der Waals surface area contributed by atoms with Crippen molar-refractivity contribution in [2.75, 3.05) is 17.2 Å². The second-order valence-corrected chi connectivity index (χ2v) is 7.16. The van der Waals surface area contributed by atoms with Gasteiger partial charge in [-0.1, -0.05) is 6.07 Å². The molecule has 1 heterocycles. The van der Waals surface area contributed by atoms with Gasteiger partial charge < -0.3 is 10.5 Å². The summed E-state index contributed by atoms with van der Waals surface area (Å²) < 4.78 is 28.2. The number of carbonyl (C=O) groups is 1. The number of anilines is 1. The molecule has 1 saturated heterocycles. The molecular formula is C11H12BrNO4S. The summed E-state index contributed by atoms with van der Waals surface area (Å²) in [7, 11) is -3.06. The van der Waals surface area contributed by atoms with Crippen LogP contribution in [0, 0.1) is 0 Å². The molecule has 1 aromatic rings. The molecule has 1 fully saturated rings. The number of nitrogen functional groups attached to an aromatic ring is 1. The summed E-state index contributed by atoms with van der Waals surface area (Å²) in [6, 6.07) is 4.87. The summed E-state index contributed by atoms with van der Waals surface area (Å²) in [4.78, 5) is 11.9. The highest BCUT2D eigenvalue weighted by atomic mass is 79.9. The number of rotatable bonds is 2. The van der Waals surface area contributed by atoms with Gasteiger partial charge in [0.05, 0.1) is 21.5 Å². The van der Waals surface area contributed by atoms with Gasteiger partial charge in [0.25, 0.3) is 0 Å². The molecule has 1 atom stereocenters. The van der Waals surface area contributed by atoms with Crippen LogP contribution in [-0.4, -0.2) is 32.0 Å². The van der Waals surface area contributed by atoms with E-state index in [1.165, 1.54) is 0 Å². The first-order chi connectivity index (χ1) is 8.39. The summed E-state index contributed by atoms with van der Waals surface area (Å²) in [5, 5.41) is 0. The monoisotopic (exact) mass is 333 g/mol. The van der Waals surface area contributed by atoms with Crippen LogP contribution >= 0.6 is 15.9 Å². The molecule has 1 aromatic carbocycles. The van der Waals surface area contributed by atoms with Gasteiger partial charge >= 0.3 is 5.97 Å². The quantitative estimate of drug-likeness (QED) is 0.652. The summed E-state index contributed by atoms with van der Waals surface area (Å²) in [6.45, 7) is 0. The number of carbonyl (C=O) groups excluding carboxylic acids is 1. The minimum absolute atomic E-state index is 0.0725. The van der Waals surface area contributed by atoms with Crippen molar-refractivity contribution < 1.29 is 17.9 Å². The first-order valence-electron chi connectivity index (χ1n) is 5.34. The van der Waals surface area contributed by atoms with Gasteiger partial charge in [-0.2, -0.15) is 0 Å². The Hall–Kier alpha value is -1.08. The van der Waals surface area contributed by atoms with E-state index in [1.807, 2.05) is 0 Å². The van der Waals surface area contributed by atoms with Crippen molar-refractivity contribution in [1.29, 1.82) is 0 Å². The second kappa shape index (κ2) is 4.89. The molecule has 18 heavy (non-hydrogen) atoms. The number of hydrogen-bond acceptors (Lipinski definition) is 5. The summed E-state index contributed by atoms with van der Waals surface area (Å²) >= 11 is 3.21. The number of benzene rings is 1. The Morgan fingerprint density at radius 2 is 2.17 bits per heavy atom. The van der Waals surface area contributed by atoms with Crippen molar-refractivity contribution in [3.05, 3.63) is 28.2 Å². The molecule has 2 rings (SSSR count). The van der Waals surface area contributed by atoms with Gasteiger partial charge in [-0.15, -0.1) is 0 Å². The number of ether oxygens (including phenoxy) is 1. The molecule has 0 aromatic heterocycles. The minimum atomic E-state index is -3.06. The van der Waals surface area contributed by atoms with E-state index in [-0.39, 0.29) is 11.5 Å². The van der Waals surface area contributed by atoms with Crippen molar-refractivity contribution in [2.45, 2.75) is 12.5 Å². The van der Waals surface area contributed by atoms with Gasteiger partial charge in [-0.05, 0) is 34.5 Å². The van der Waals surface area contributed by atoms with Crippen LogP contribution in [0.15, 0.2) is 22.7 Å². The molecule has 1 aliphatic rings. The highest BCUT2D eigenvalue weighted by Gasteiger charge is 2.31. The zero-order valence-corrected chi connectivity index (χ0v) is 11.8. The summed E-state index contributed by atoms with van der Waals surface area (Å²) in [5.41, 5.74) is 6.40. The van der Waals surface area contributed by atoms with Crippen molar-refractivity contribution >= 4 is 37.4 Å². The van der Waals surface area contributed by atoms with Gasteiger partial charge in [0.1, 0.15) is 6.10 Å². The average Bonchev–Trinajstić information content (AvgIpc) is 2.62. The van der Waals surface area contributed by atoms with Crippen LogP contribution in [0.2, 0.25) is 0 Å². The zero-order chi connectivity index (χ0) is 13.3. The highest BCUT2D eigenvalue weighted by molar-refractivity contribution is 9.10. The van der Waals surface area contributed by atoms with E-state index in [9.17, 15) is 13.2 Å². The number of sulfone groups is 1. The fourth-order valence-electron chi connectivity index (χ4n) is 1.78. The molecule has 0 amide bonds. The fraction of sp³-hybridized carbons (Fsp3) is 0.364. The lowest BCUT2D eigenvalue weighted by molar-refractivity contribution is 0.0355. The first-order valence-corrected chi connectivity index (χ1v) is 7.96. The molecule has 1 unspecified atom stereocenters. The first kappa shape index (κ1) is 13.4. The number of halogens is 1. The molecule has 0 saturated carbocycles. The second-order valence-electron chi connectivity index (χ2n) is 4.14. The zero-order valence-electron chi connectivity index (χ0n) is 9.43. The van der Waals surface area contributed by atoms with Gasteiger partial charge in [0.15, 0.2) is 9.84 Å². The molecule has 5 nitrogen and oxygen atoms in total. The number of hydrogen-bond donors (Lipinski definition) is 1. The van der Waals surface area contributed by atoms with Gasteiger partial charge in [0, 0.05) is 5.69 Å². The van der Waals surface area contributed by atoms with Crippen LogP contribution in [0.5, 0.6) is 0 Å². The third-order valence-electron chi connectivity index (χ3n) is 2.71. The average molecular weight is 334 g/mol. The molecule has 1 aliphatic heterocycles. The van der Waals surface area contributed by atoms with E-state index in [0.29, 0.717) is 22.1 Å². The van der Waals surface area contributed by atoms with E-state index in [2.05, 4.69) is 15.9 Å². The maximum absolute atomic E-state index is 11.9. The van der Waals surface area contributed by atoms with E-state index >= 15 is 0 Å². The Labute approximate surface area is 113 Å². The van der Waals surface area contributed by atoms with Crippen molar-refractivity contribution in [2.24, 2.45) is 0 Å². The lowest BCUT2D eigenvalue weighted by Crippen LogP contribution is -2.19. The van der Waals surface area contributed by atoms with Crippen LogP contribution in [0.1, 0.15) is 16.8 Å². The van der Waals surface area contributed by atoms with Gasteiger partial charge in [0.2, 0.25) is 0 Å². The van der Waals surface area contributed by atoms with Crippen molar-refractivity contribution in [3.63, 3.8) is 0 Å². The predicted molar refractivity (Wildman–Crippen MR) is 71.0 cm³/mol. The van der Waals surface area contributed by atoms with Crippen molar-refractivity contribution in [3.8, 4) is 0 Å². The normalized spacial score (nSPS) is 21.7. The molecule has 0 spiro atoms. The van der Waals surface area contributed by atoms with E-state index in [1.54, 1.807) is 18.2 Å². The van der Waals surface area contributed by atoms with E-state index in [4.69, 9.17) is 10.5 Å². The SMILES string of the molecule is Nc1cccc(C(=O)OC2CCS(=O)(=O)C2)c1Br. The number of nitrogens with two attached hydrogens (primary N) is 1. The molecule has 0 bridgehead atoms. The molecule has 0 radical (unpaired) electrons. The molecule has 2 N–H and O–H groups in total. The third kappa shape index (κ3) is 2.84. The van der Waals surface area contributed by atoms with Crippen LogP contribution in [0.4, 0.5) is 5.69 Å². The Kier molecular flexibility index (Phi) is 3.63. The minimum Gasteiger partial charge on any atom is -0.458 e. The largest absolute Gasteiger partial charge is 0.458 e. The maximum Gasteiger partial charge on any atom is 0.339 e. The predicted octanol–water partition coefficient (Wildman–Crippen LogP) is 1.38. The molecule has 7 heteroatoms. The topological polar surface area (TPSA) is 86.5 Å². The fourth-order valence-corrected chi connectivity index (χ4v) is 3.79. The lowest BCUT2D eigenvalue weighted by Gasteiger charge is -2.11. The van der Waals surface area contributed by atoms with E-state index < -0.39 is 21.9 Å². The lowest BCUT2D eigenvalue weighted by atomic mass is 10.2. The Morgan fingerprint density at radius 1 is 1.44 bits per heavy atom. The molecule has 98 valence electrons. The molecule has 0 aliphatic carbocycles. The van der Waals surface area contributed by atoms with Gasteiger partial charge in [-0.3, -0.25) is 0 Å². The van der Waals surface area contributed by atoms with E-state index in [0.717, 1.165) is 0 Å². The Bertz CT molecular complexity index is 585.